The summed E-state index contributed by atoms with van der Waals surface area (Å²) < 4.78 is 0. The van der Waals surface area contributed by atoms with Crippen LogP contribution in [0.25, 0.3) is 0 Å². The normalized spacial score (nSPS) is 11.3. The first-order valence-electron chi connectivity index (χ1n) is 6.65. The maximum atomic E-state index is 2.36. The molecule has 0 saturated carbocycles. The topological polar surface area (TPSA) is 0 Å². The van der Waals surface area contributed by atoms with Crippen LogP contribution in [0.15, 0.2) is 48.5 Å². The molecule has 19 heavy (non-hydrogen) atoms. The van der Waals surface area contributed by atoms with Crippen LogP contribution in [-0.2, 0) is 0 Å². The molecule has 0 bridgehead atoms. The van der Waals surface area contributed by atoms with Gasteiger partial charge in [0.1, 0.15) is 0 Å². The first kappa shape index (κ1) is 19.5. The van der Waals surface area contributed by atoms with Crippen molar-refractivity contribution >= 4 is 26.5 Å². The van der Waals surface area contributed by atoms with Crippen LogP contribution in [0, 0.1) is 40.4 Å². The molecule has 0 N–H and O–H groups in total. The molecule has 0 heterocycles. The van der Waals surface area contributed by atoms with E-state index in [-0.39, 0.29) is 40.4 Å². The van der Waals surface area contributed by atoms with Crippen molar-refractivity contribution in [3.05, 3.63) is 48.5 Å². The Morgan fingerprint density at radius 1 is 0.526 bits per heavy atom. The summed E-state index contributed by atoms with van der Waals surface area (Å²) in [6.45, 7) is 14.2. The van der Waals surface area contributed by atoms with Gasteiger partial charge in [-0.25, -0.2) is 24.3 Å². The second-order valence-electron chi connectivity index (χ2n) is 6.85. The molecule has 2 rings (SSSR count). The average Bonchev–Trinajstić information content (AvgIpc) is 2.91. The summed E-state index contributed by atoms with van der Waals surface area (Å²) in [6, 6.07) is 17.4. The smallest absolute Gasteiger partial charge is 0.0147 e. The molecule has 0 aliphatic carbocycles. The minimum atomic E-state index is -0.981. The summed E-state index contributed by atoms with van der Waals surface area (Å²) >= 11 is 0. The molecular weight excluding hydrogens is 399 g/mol. The van der Waals surface area contributed by atoms with Crippen molar-refractivity contribution in [2.75, 3.05) is 0 Å². The van der Waals surface area contributed by atoms with Gasteiger partial charge in [-0.2, -0.15) is 34.6 Å². The standard InChI is InChI=1S/2C8H13Si.Sm/c2*1-9(2,3)8-6-4-5-7-8;/h2*4-7H,1-3H3;/q2*-1;. The van der Waals surface area contributed by atoms with Crippen LogP contribution in [0.1, 0.15) is 0 Å². The fourth-order valence-corrected chi connectivity index (χ4v) is 4.13. The third kappa shape index (κ3) is 7.15. The number of rotatable bonds is 2. The van der Waals surface area contributed by atoms with Crippen LogP contribution in [0.3, 0.4) is 0 Å². The zero-order valence-electron chi connectivity index (χ0n) is 13.0. The molecular formula is C16H26Si2Sm-2. The van der Waals surface area contributed by atoms with Gasteiger partial charge >= 0.3 is 0 Å². The van der Waals surface area contributed by atoms with E-state index in [1.54, 1.807) is 10.4 Å². The fourth-order valence-electron chi connectivity index (χ4n) is 1.75. The van der Waals surface area contributed by atoms with E-state index in [1.165, 1.54) is 0 Å². The Kier molecular flexibility index (Phi) is 8.25. The quantitative estimate of drug-likeness (QED) is 0.506. The van der Waals surface area contributed by atoms with E-state index in [9.17, 15) is 0 Å². The monoisotopic (exact) mass is 426 g/mol. The van der Waals surface area contributed by atoms with E-state index in [1.807, 2.05) is 0 Å². The Morgan fingerprint density at radius 2 is 0.737 bits per heavy atom. The maximum absolute atomic E-state index is 2.36. The predicted octanol–water partition coefficient (Wildman–Crippen LogP) is 3.90. The summed E-state index contributed by atoms with van der Waals surface area (Å²) in [5.41, 5.74) is 0. The molecule has 0 fully saturated rings. The van der Waals surface area contributed by atoms with Crippen LogP contribution in [-0.4, -0.2) is 16.1 Å². The predicted molar refractivity (Wildman–Crippen MR) is 90.0 cm³/mol. The molecule has 0 radical (unpaired) electrons. The van der Waals surface area contributed by atoms with E-state index in [0.717, 1.165) is 0 Å². The molecule has 0 atom stereocenters. The van der Waals surface area contributed by atoms with Crippen molar-refractivity contribution in [1.82, 2.24) is 0 Å². The van der Waals surface area contributed by atoms with Crippen molar-refractivity contribution < 1.29 is 40.4 Å². The molecule has 3 heteroatoms. The Bertz CT molecular complexity index is 384. The van der Waals surface area contributed by atoms with Gasteiger partial charge in [0.15, 0.2) is 0 Å². The van der Waals surface area contributed by atoms with Crippen molar-refractivity contribution in [2.45, 2.75) is 39.3 Å². The SMILES string of the molecule is C[Si](C)(C)[c-]1cccc1.C[Si](C)(C)[c-]1cccc1.[Sm]. The Morgan fingerprint density at radius 3 is 0.842 bits per heavy atom. The minimum absolute atomic E-state index is 0. The van der Waals surface area contributed by atoms with Gasteiger partial charge in [0.2, 0.25) is 0 Å². The van der Waals surface area contributed by atoms with Crippen molar-refractivity contribution in [1.29, 1.82) is 0 Å². The summed E-state index contributed by atoms with van der Waals surface area (Å²) in [5.74, 6) is 0. The van der Waals surface area contributed by atoms with Crippen LogP contribution >= 0.6 is 0 Å². The molecule has 0 aromatic heterocycles. The Labute approximate surface area is 153 Å². The van der Waals surface area contributed by atoms with E-state index < -0.39 is 16.1 Å². The van der Waals surface area contributed by atoms with E-state index >= 15 is 0 Å². The molecule has 0 saturated heterocycles. The minimum Gasteiger partial charge on any atom is -0.214 e. The molecule has 0 amide bonds. The molecule has 0 nitrogen and oxygen atoms in total. The van der Waals surface area contributed by atoms with E-state index in [2.05, 4.69) is 87.8 Å². The molecule has 106 valence electrons. The zero-order valence-corrected chi connectivity index (χ0v) is 17.6. The Balaban J connectivity index is 0.000000324. The summed E-state index contributed by atoms with van der Waals surface area (Å²) in [5, 5.41) is 3.12. The summed E-state index contributed by atoms with van der Waals surface area (Å²) in [4.78, 5) is 0. The van der Waals surface area contributed by atoms with Crippen LogP contribution in [0.5, 0.6) is 0 Å². The number of hydrogen-bond donors (Lipinski definition) is 0. The molecule has 2 aromatic rings. The molecule has 0 spiro atoms. The first-order valence-corrected chi connectivity index (χ1v) is 13.7. The van der Waals surface area contributed by atoms with Gasteiger partial charge in [-0.3, -0.25) is 0 Å². The molecule has 0 aliphatic heterocycles. The second kappa shape index (κ2) is 8.05. The molecule has 2 aromatic carbocycles. The second-order valence-corrected chi connectivity index (χ2v) is 17.0. The van der Waals surface area contributed by atoms with Crippen molar-refractivity contribution in [2.24, 2.45) is 0 Å². The van der Waals surface area contributed by atoms with Crippen LogP contribution in [0.2, 0.25) is 39.3 Å². The average molecular weight is 425 g/mol. The largest absolute Gasteiger partial charge is 0.214 e. The van der Waals surface area contributed by atoms with Crippen molar-refractivity contribution in [3.63, 3.8) is 0 Å². The van der Waals surface area contributed by atoms with Crippen molar-refractivity contribution in [3.8, 4) is 0 Å². The maximum Gasteiger partial charge on any atom is 0.0147 e. The van der Waals surface area contributed by atoms with Gasteiger partial charge in [-0.05, 0) is 0 Å². The van der Waals surface area contributed by atoms with Gasteiger partial charge < -0.3 is 0 Å². The zero-order chi connectivity index (χ0) is 13.8. The number of hydrogen-bond acceptors (Lipinski definition) is 0. The summed E-state index contributed by atoms with van der Waals surface area (Å²) in [6.07, 6.45) is 0. The first-order chi connectivity index (χ1) is 8.21. The molecule has 0 unspecified atom stereocenters. The van der Waals surface area contributed by atoms with Crippen LogP contribution < -0.4 is 10.4 Å². The van der Waals surface area contributed by atoms with E-state index in [4.69, 9.17) is 0 Å². The van der Waals surface area contributed by atoms with E-state index in [0.29, 0.717) is 0 Å². The third-order valence-corrected chi connectivity index (χ3v) is 7.19. The van der Waals surface area contributed by atoms with Gasteiger partial charge in [0, 0.05) is 56.5 Å². The van der Waals surface area contributed by atoms with Gasteiger partial charge in [0.05, 0.1) is 0 Å². The third-order valence-electron chi connectivity index (χ3n) is 3.06. The van der Waals surface area contributed by atoms with Gasteiger partial charge in [-0.1, -0.05) is 39.3 Å². The fraction of sp³-hybridized carbons (Fsp3) is 0.375. The molecule has 0 aliphatic rings. The van der Waals surface area contributed by atoms with Crippen LogP contribution in [0.4, 0.5) is 0 Å². The summed E-state index contributed by atoms with van der Waals surface area (Å²) in [7, 11) is -1.96. The van der Waals surface area contributed by atoms with Gasteiger partial charge in [0.25, 0.3) is 0 Å². The van der Waals surface area contributed by atoms with Gasteiger partial charge in [-0.15, -0.1) is 0 Å². The Hall–Kier alpha value is 0.471.